The highest BCUT2D eigenvalue weighted by Gasteiger charge is 2.44. The topological polar surface area (TPSA) is 59.0 Å². The minimum Gasteiger partial charge on any atom is -0.497 e. The summed E-state index contributed by atoms with van der Waals surface area (Å²) in [6.07, 6.45) is 1.67. The van der Waals surface area contributed by atoms with Gasteiger partial charge in [0.1, 0.15) is 11.4 Å². The van der Waals surface area contributed by atoms with E-state index >= 15 is 0 Å². The van der Waals surface area contributed by atoms with Gasteiger partial charge in [-0.05, 0) is 30.7 Å². The summed E-state index contributed by atoms with van der Waals surface area (Å²) in [4.78, 5) is 29.4. The summed E-state index contributed by atoms with van der Waals surface area (Å²) in [6.45, 7) is 1.77. The molecule has 1 aromatic rings. The molecule has 1 fully saturated rings. The molecule has 2 amide bonds. The number of fused-ring (bicyclic) bond motifs is 1. The zero-order chi connectivity index (χ0) is 14.3. The van der Waals surface area contributed by atoms with E-state index in [2.05, 4.69) is 4.99 Å². The van der Waals surface area contributed by atoms with Gasteiger partial charge < -0.3 is 4.74 Å². The van der Waals surface area contributed by atoms with Crippen molar-refractivity contribution in [2.24, 2.45) is 4.99 Å². The molecule has 0 saturated carbocycles. The molecule has 6 heteroatoms. The summed E-state index contributed by atoms with van der Waals surface area (Å²) in [5.41, 5.74) is 1.13. The number of nitrogens with zero attached hydrogens (tertiary/aromatic N) is 2. The van der Waals surface area contributed by atoms with Crippen molar-refractivity contribution in [2.45, 2.75) is 12.2 Å². The zero-order valence-corrected chi connectivity index (χ0v) is 11.8. The first-order valence-electron chi connectivity index (χ1n) is 6.09. The van der Waals surface area contributed by atoms with E-state index in [-0.39, 0.29) is 22.8 Å². The lowest BCUT2D eigenvalue weighted by Gasteiger charge is -2.06. The first kappa shape index (κ1) is 12.9. The van der Waals surface area contributed by atoms with Gasteiger partial charge in [0, 0.05) is 0 Å². The Balaban J connectivity index is 1.90. The van der Waals surface area contributed by atoms with E-state index < -0.39 is 0 Å². The van der Waals surface area contributed by atoms with Crippen LogP contribution in [0.25, 0.3) is 6.08 Å². The molecule has 102 valence electrons. The van der Waals surface area contributed by atoms with Gasteiger partial charge in [-0.2, -0.15) is 0 Å². The fourth-order valence-electron chi connectivity index (χ4n) is 2.02. The fraction of sp³-hybridized carbons (Fsp3) is 0.214. The highest BCUT2D eigenvalue weighted by atomic mass is 32.2. The summed E-state index contributed by atoms with van der Waals surface area (Å²) in [7, 11) is 1.60. The Morgan fingerprint density at radius 2 is 2.00 bits per heavy atom. The van der Waals surface area contributed by atoms with Crippen molar-refractivity contribution >= 4 is 34.8 Å². The van der Waals surface area contributed by atoms with E-state index in [1.807, 2.05) is 24.3 Å². The number of amidine groups is 1. The van der Waals surface area contributed by atoms with Crippen LogP contribution in [-0.2, 0) is 9.59 Å². The van der Waals surface area contributed by atoms with Gasteiger partial charge in [0.2, 0.25) is 5.91 Å². The number of carbonyl (C=O) groups excluding carboxylic acids is 2. The quantitative estimate of drug-likeness (QED) is 0.616. The predicted octanol–water partition coefficient (Wildman–Crippen LogP) is 1.90. The van der Waals surface area contributed by atoms with Crippen LogP contribution in [0.1, 0.15) is 12.5 Å². The van der Waals surface area contributed by atoms with Gasteiger partial charge >= 0.3 is 0 Å². The van der Waals surface area contributed by atoms with E-state index in [4.69, 9.17) is 4.74 Å². The maximum atomic E-state index is 12.2. The number of hydrogen-bond donors (Lipinski definition) is 0. The van der Waals surface area contributed by atoms with Crippen LogP contribution >= 0.6 is 11.8 Å². The number of benzene rings is 1. The van der Waals surface area contributed by atoms with Crippen molar-refractivity contribution in [1.82, 2.24) is 4.90 Å². The van der Waals surface area contributed by atoms with Crippen molar-refractivity contribution in [1.29, 1.82) is 0 Å². The Labute approximate surface area is 120 Å². The number of thioether (sulfide) groups is 1. The van der Waals surface area contributed by atoms with E-state index in [0.29, 0.717) is 5.17 Å². The Morgan fingerprint density at radius 1 is 1.30 bits per heavy atom. The van der Waals surface area contributed by atoms with Crippen molar-refractivity contribution in [3.05, 3.63) is 35.5 Å². The Hall–Kier alpha value is -2.08. The van der Waals surface area contributed by atoms with Crippen molar-refractivity contribution in [3.8, 4) is 5.75 Å². The second-order valence-corrected chi connectivity index (χ2v) is 5.74. The minimum absolute atomic E-state index is 0.197. The van der Waals surface area contributed by atoms with Crippen LogP contribution in [0.5, 0.6) is 5.75 Å². The monoisotopic (exact) mass is 288 g/mol. The largest absolute Gasteiger partial charge is 0.497 e. The van der Waals surface area contributed by atoms with Crippen LogP contribution in [-0.4, -0.2) is 34.2 Å². The summed E-state index contributed by atoms with van der Waals surface area (Å²) in [5.74, 6) is 0.200. The molecule has 1 aromatic carbocycles. The molecule has 5 nitrogen and oxygen atoms in total. The number of carbonyl (C=O) groups is 2. The molecule has 1 atom stereocenters. The van der Waals surface area contributed by atoms with Gasteiger partial charge in [-0.3, -0.25) is 9.59 Å². The Kier molecular flexibility index (Phi) is 3.10. The smallest absolute Gasteiger partial charge is 0.285 e. The lowest BCUT2D eigenvalue weighted by atomic mass is 10.2. The second-order valence-electron chi connectivity index (χ2n) is 4.44. The van der Waals surface area contributed by atoms with Gasteiger partial charge in [0.25, 0.3) is 5.91 Å². The SMILES string of the molecule is COc1ccc(C=C2N=C3S[C@@H](C)C(=O)N3C2=O)cc1. The molecular weight excluding hydrogens is 276 g/mol. The minimum atomic E-state index is -0.349. The number of methoxy groups -OCH3 is 1. The number of rotatable bonds is 2. The summed E-state index contributed by atoms with van der Waals surface area (Å²) < 4.78 is 5.08. The van der Waals surface area contributed by atoms with Crippen LogP contribution in [0.4, 0.5) is 0 Å². The third-order valence-corrected chi connectivity index (χ3v) is 4.14. The van der Waals surface area contributed by atoms with Crippen molar-refractivity contribution in [3.63, 3.8) is 0 Å². The third kappa shape index (κ3) is 2.02. The Bertz CT molecular complexity index is 649. The number of hydrogen-bond acceptors (Lipinski definition) is 5. The van der Waals surface area contributed by atoms with Gasteiger partial charge in [-0.25, -0.2) is 9.89 Å². The van der Waals surface area contributed by atoms with Crippen LogP contribution in [0.3, 0.4) is 0 Å². The maximum absolute atomic E-state index is 12.2. The van der Waals surface area contributed by atoms with Crippen LogP contribution in [0.2, 0.25) is 0 Å². The number of ether oxygens (including phenoxy) is 1. The molecule has 0 radical (unpaired) electrons. The summed E-state index contributed by atoms with van der Waals surface area (Å²) in [5, 5.41) is 0.243. The normalized spacial score (nSPS) is 23.3. The predicted molar refractivity (Wildman–Crippen MR) is 77.3 cm³/mol. The van der Waals surface area contributed by atoms with Crippen molar-refractivity contribution < 1.29 is 14.3 Å². The Morgan fingerprint density at radius 3 is 2.60 bits per heavy atom. The molecule has 0 spiro atoms. The molecule has 0 aliphatic carbocycles. The fourth-order valence-corrected chi connectivity index (χ4v) is 2.97. The lowest BCUT2D eigenvalue weighted by Crippen LogP contribution is -2.33. The first-order valence-corrected chi connectivity index (χ1v) is 6.97. The van der Waals surface area contributed by atoms with Gasteiger partial charge in [0.05, 0.1) is 12.4 Å². The molecule has 2 aliphatic rings. The molecular formula is C14H12N2O3S. The summed E-state index contributed by atoms with van der Waals surface area (Å²) >= 11 is 1.31. The highest BCUT2D eigenvalue weighted by Crippen LogP contribution is 2.33. The number of amides is 2. The zero-order valence-electron chi connectivity index (χ0n) is 11.0. The first-order chi connectivity index (χ1) is 9.60. The maximum Gasteiger partial charge on any atom is 0.285 e. The summed E-state index contributed by atoms with van der Waals surface area (Å²) in [6, 6.07) is 7.28. The van der Waals surface area contributed by atoms with Crippen LogP contribution in [0.15, 0.2) is 35.0 Å². The number of imide groups is 1. The van der Waals surface area contributed by atoms with E-state index in [0.717, 1.165) is 16.2 Å². The highest BCUT2D eigenvalue weighted by molar-refractivity contribution is 8.15. The average Bonchev–Trinajstić information content (AvgIpc) is 2.89. The molecule has 2 aliphatic heterocycles. The second kappa shape index (κ2) is 4.79. The molecule has 1 saturated heterocycles. The van der Waals surface area contributed by atoms with Crippen molar-refractivity contribution in [2.75, 3.05) is 7.11 Å². The molecule has 0 unspecified atom stereocenters. The molecule has 0 N–H and O–H groups in total. The average molecular weight is 288 g/mol. The molecule has 3 rings (SSSR count). The number of aliphatic imine (C=N–C) groups is 1. The molecule has 0 aromatic heterocycles. The molecule has 2 heterocycles. The van der Waals surface area contributed by atoms with E-state index in [1.54, 1.807) is 20.1 Å². The van der Waals surface area contributed by atoms with Crippen LogP contribution in [0, 0.1) is 0 Å². The third-order valence-electron chi connectivity index (χ3n) is 3.10. The van der Waals surface area contributed by atoms with Gasteiger partial charge in [0.15, 0.2) is 5.17 Å². The standard InChI is InChI=1S/C14H12N2O3S/c1-8-12(17)16-13(18)11(15-14(16)20-8)7-9-3-5-10(19-2)6-4-9/h3-8H,1-2H3/t8-/m0/s1. The lowest BCUT2D eigenvalue weighted by molar-refractivity contribution is -0.135. The van der Waals surface area contributed by atoms with Crippen LogP contribution < -0.4 is 4.74 Å². The van der Waals surface area contributed by atoms with E-state index in [9.17, 15) is 9.59 Å². The van der Waals surface area contributed by atoms with E-state index in [1.165, 1.54) is 11.8 Å². The van der Waals surface area contributed by atoms with Gasteiger partial charge in [-0.1, -0.05) is 23.9 Å². The van der Waals surface area contributed by atoms with Gasteiger partial charge in [-0.15, -0.1) is 0 Å². The molecule has 0 bridgehead atoms. The molecule has 20 heavy (non-hydrogen) atoms.